The van der Waals surface area contributed by atoms with Gasteiger partial charge in [-0.15, -0.1) is 0 Å². The van der Waals surface area contributed by atoms with Crippen LogP contribution in [0.2, 0.25) is 0 Å². The number of carbonyl (C=O) groups excluding carboxylic acids is 2. The zero-order chi connectivity index (χ0) is 20.2. The van der Waals surface area contributed by atoms with Crippen LogP contribution >= 0.6 is 0 Å². The first-order valence-corrected chi connectivity index (χ1v) is 10.7. The van der Waals surface area contributed by atoms with Crippen LogP contribution in [-0.4, -0.2) is 43.9 Å². The lowest BCUT2D eigenvalue weighted by Gasteiger charge is -2.23. The molecule has 2 aromatic rings. The molecule has 1 saturated heterocycles. The third-order valence-corrected chi connectivity index (χ3v) is 6.38. The van der Waals surface area contributed by atoms with Crippen molar-refractivity contribution in [3.63, 3.8) is 0 Å². The van der Waals surface area contributed by atoms with Gasteiger partial charge in [0.05, 0.1) is 28.3 Å². The molecule has 1 amide bonds. The van der Waals surface area contributed by atoms with Gasteiger partial charge in [-0.3, -0.25) is 4.79 Å². The molecule has 7 nitrogen and oxygen atoms in total. The first kappa shape index (κ1) is 19.9. The van der Waals surface area contributed by atoms with Gasteiger partial charge in [0.2, 0.25) is 0 Å². The maximum absolute atomic E-state index is 12.4. The number of ether oxygens (including phenoxy) is 1. The van der Waals surface area contributed by atoms with Crippen LogP contribution in [0.5, 0.6) is 0 Å². The Labute approximate surface area is 164 Å². The highest BCUT2D eigenvalue weighted by Gasteiger charge is 2.39. The largest absolute Gasteiger partial charge is 0.452 e. The summed E-state index contributed by atoms with van der Waals surface area (Å²) in [4.78, 5) is 24.6. The minimum atomic E-state index is -3.14. The Balaban J connectivity index is 1.60. The van der Waals surface area contributed by atoms with Gasteiger partial charge in [-0.05, 0) is 37.6 Å². The molecule has 28 heavy (non-hydrogen) atoms. The number of benzene rings is 2. The number of sulfone groups is 1. The Kier molecular flexibility index (Phi) is 5.69. The molecule has 1 aliphatic rings. The molecule has 0 spiro atoms. The van der Waals surface area contributed by atoms with E-state index in [4.69, 9.17) is 4.74 Å². The van der Waals surface area contributed by atoms with Crippen molar-refractivity contribution in [2.45, 2.75) is 18.9 Å². The Hall–Kier alpha value is -2.87. The van der Waals surface area contributed by atoms with Crippen LogP contribution in [0.3, 0.4) is 0 Å². The van der Waals surface area contributed by atoms with E-state index in [1.54, 1.807) is 31.2 Å². The lowest BCUT2D eigenvalue weighted by Crippen LogP contribution is -2.48. The summed E-state index contributed by atoms with van der Waals surface area (Å²) >= 11 is 0. The predicted molar refractivity (Wildman–Crippen MR) is 106 cm³/mol. The normalized spacial score (nSPS) is 20.3. The molecule has 1 atom stereocenters. The van der Waals surface area contributed by atoms with Crippen molar-refractivity contribution >= 4 is 33.1 Å². The highest BCUT2D eigenvalue weighted by atomic mass is 32.2. The second kappa shape index (κ2) is 8.02. The van der Waals surface area contributed by atoms with E-state index in [9.17, 15) is 18.0 Å². The molecule has 0 aliphatic carbocycles. The summed E-state index contributed by atoms with van der Waals surface area (Å²) in [5.41, 5.74) is 0.854. The van der Waals surface area contributed by atoms with Crippen LogP contribution in [0, 0.1) is 0 Å². The molecular weight excluding hydrogens is 380 g/mol. The summed E-state index contributed by atoms with van der Waals surface area (Å²) in [6.07, 6.45) is 0.346. The highest BCUT2D eigenvalue weighted by Crippen LogP contribution is 2.23. The van der Waals surface area contributed by atoms with Gasteiger partial charge in [-0.1, -0.05) is 30.3 Å². The number of esters is 1. The maximum Gasteiger partial charge on any atom is 0.340 e. The number of carbonyl (C=O) groups is 2. The minimum absolute atomic E-state index is 0.0437. The van der Waals surface area contributed by atoms with Crippen LogP contribution in [0.25, 0.3) is 0 Å². The van der Waals surface area contributed by atoms with Crippen molar-refractivity contribution in [1.82, 2.24) is 5.32 Å². The molecule has 0 aromatic heterocycles. The SMILES string of the molecule is C[C@]1(NC(=O)COC(=O)c2ccccc2Nc2ccccc2)CCS(=O)(=O)C1. The molecule has 2 N–H and O–H groups in total. The lowest BCUT2D eigenvalue weighted by atomic mass is 10.0. The topological polar surface area (TPSA) is 102 Å². The molecular formula is C20H22N2O5S. The van der Waals surface area contributed by atoms with Crippen molar-refractivity contribution in [2.75, 3.05) is 23.4 Å². The molecule has 0 bridgehead atoms. The second-order valence-electron chi connectivity index (χ2n) is 7.06. The molecule has 1 heterocycles. The Morgan fingerprint density at radius 3 is 2.43 bits per heavy atom. The maximum atomic E-state index is 12.4. The Morgan fingerprint density at radius 1 is 1.07 bits per heavy atom. The van der Waals surface area contributed by atoms with E-state index in [1.807, 2.05) is 30.3 Å². The van der Waals surface area contributed by atoms with Crippen LogP contribution in [-0.2, 0) is 19.4 Å². The van der Waals surface area contributed by atoms with Gasteiger partial charge in [-0.2, -0.15) is 0 Å². The van der Waals surface area contributed by atoms with Gasteiger partial charge >= 0.3 is 5.97 Å². The minimum Gasteiger partial charge on any atom is -0.452 e. The monoisotopic (exact) mass is 402 g/mol. The second-order valence-corrected chi connectivity index (χ2v) is 9.25. The van der Waals surface area contributed by atoms with Crippen LogP contribution in [0.15, 0.2) is 54.6 Å². The summed E-state index contributed by atoms with van der Waals surface area (Å²) in [5, 5.41) is 5.81. The third-order valence-electron chi connectivity index (χ3n) is 4.48. The quantitative estimate of drug-likeness (QED) is 0.719. The Bertz CT molecular complexity index is 975. The van der Waals surface area contributed by atoms with Crippen LogP contribution in [0.4, 0.5) is 11.4 Å². The van der Waals surface area contributed by atoms with E-state index in [0.717, 1.165) is 5.69 Å². The number of anilines is 2. The van der Waals surface area contributed by atoms with Gasteiger partial charge in [0.25, 0.3) is 5.91 Å². The van der Waals surface area contributed by atoms with E-state index in [2.05, 4.69) is 10.6 Å². The van der Waals surface area contributed by atoms with Crippen molar-refractivity contribution in [1.29, 1.82) is 0 Å². The molecule has 2 aromatic carbocycles. The van der Waals surface area contributed by atoms with Gasteiger partial charge in [-0.25, -0.2) is 13.2 Å². The number of hydrogen-bond acceptors (Lipinski definition) is 6. The zero-order valence-corrected chi connectivity index (χ0v) is 16.3. The summed E-state index contributed by atoms with van der Waals surface area (Å²) in [5.74, 6) is -1.23. The van der Waals surface area contributed by atoms with E-state index < -0.39 is 33.9 Å². The van der Waals surface area contributed by atoms with E-state index in [0.29, 0.717) is 17.7 Å². The Morgan fingerprint density at radius 2 is 1.75 bits per heavy atom. The fourth-order valence-corrected chi connectivity index (χ4v) is 5.23. The molecule has 0 radical (unpaired) electrons. The first-order chi connectivity index (χ1) is 13.3. The molecule has 0 unspecified atom stereocenters. The lowest BCUT2D eigenvalue weighted by molar-refractivity contribution is -0.125. The summed E-state index contributed by atoms with van der Waals surface area (Å²) in [6, 6.07) is 16.2. The van der Waals surface area contributed by atoms with Gasteiger partial charge in [0.1, 0.15) is 0 Å². The predicted octanol–water partition coefficient (Wildman–Crippen LogP) is 2.28. The molecule has 3 rings (SSSR count). The van der Waals surface area contributed by atoms with Crippen molar-refractivity contribution in [3.05, 3.63) is 60.2 Å². The van der Waals surface area contributed by atoms with Crippen molar-refractivity contribution in [2.24, 2.45) is 0 Å². The number of hydrogen-bond donors (Lipinski definition) is 2. The molecule has 8 heteroatoms. The van der Waals surface area contributed by atoms with E-state index in [1.165, 1.54) is 0 Å². The average Bonchev–Trinajstić information content (AvgIpc) is 2.93. The number of para-hydroxylation sites is 2. The molecule has 1 fully saturated rings. The summed E-state index contributed by atoms with van der Waals surface area (Å²) in [6.45, 7) is 1.20. The molecule has 0 saturated carbocycles. The summed E-state index contributed by atoms with van der Waals surface area (Å²) < 4.78 is 28.4. The van der Waals surface area contributed by atoms with E-state index in [-0.39, 0.29) is 11.5 Å². The molecule has 148 valence electrons. The van der Waals surface area contributed by atoms with Crippen LogP contribution in [0.1, 0.15) is 23.7 Å². The highest BCUT2D eigenvalue weighted by molar-refractivity contribution is 7.91. The summed E-state index contributed by atoms with van der Waals surface area (Å²) in [7, 11) is -3.14. The van der Waals surface area contributed by atoms with Gasteiger partial charge < -0.3 is 15.4 Å². The fourth-order valence-electron chi connectivity index (χ4n) is 3.14. The number of nitrogens with one attached hydrogen (secondary N) is 2. The zero-order valence-electron chi connectivity index (χ0n) is 15.5. The van der Waals surface area contributed by atoms with Gasteiger partial charge in [0, 0.05) is 5.69 Å². The van der Waals surface area contributed by atoms with Crippen molar-refractivity contribution in [3.8, 4) is 0 Å². The van der Waals surface area contributed by atoms with Crippen molar-refractivity contribution < 1.29 is 22.7 Å². The molecule has 1 aliphatic heterocycles. The first-order valence-electron chi connectivity index (χ1n) is 8.86. The number of amides is 1. The fraction of sp³-hybridized carbons (Fsp3) is 0.300. The smallest absolute Gasteiger partial charge is 0.340 e. The standard InChI is InChI=1S/C20H22N2O5S/c1-20(11-12-28(25,26)14-20)22-18(23)13-27-19(24)16-9-5-6-10-17(16)21-15-7-3-2-4-8-15/h2-10,21H,11-14H2,1H3,(H,22,23)/t20-/m0/s1. The average molecular weight is 402 g/mol. The van der Waals surface area contributed by atoms with Gasteiger partial charge in [0.15, 0.2) is 16.4 Å². The van der Waals surface area contributed by atoms with Crippen LogP contribution < -0.4 is 10.6 Å². The van der Waals surface area contributed by atoms with E-state index >= 15 is 0 Å². The number of rotatable bonds is 6. The third kappa shape index (κ3) is 5.10.